The van der Waals surface area contributed by atoms with Gasteiger partial charge in [-0.1, -0.05) is 17.4 Å². The van der Waals surface area contributed by atoms with Crippen LogP contribution in [-0.2, 0) is 9.53 Å². The molecule has 2 heterocycles. The van der Waals surface area contributed by atoms with Gasteiger partial charge in [0.25, 0.3) is 5.56 Å². The molecule has 4 rings (SSSR count). The van der Waals surface area contributed by atoms with Gasteiger partial charge in [0.1, 0.15) is 5.75 Å². The van der Waals surface area contributed by atoms with Crippen LogP contribution < -0.4 is 29.3 Å². The molecule has 0 spiro atoms. The zero-order valence-corrected chi connectivity index (χ0v) is 23.8. The minimum Gasteiger partial charge on any atom is -0.507 e. The highest BCUT2D eigenvalue weighted by Crippen LogP contribution is 2.36. The summed E-state index contributed by atoms with van der Waals surface area (Å²) < 4.78 is 18.1. The number of carbonyl (C=O) groups is 1. The normalized spacial score (nSPS) is 15.0. The van der Waals surface area contributed by atoms with E-state index in [2.05, 4.69) is 23.7 Å². The molecule has 3 aromatic rings. The van der Waals surface area contributed by atoms with Gasteiger partial charge in [0, 0.05) is 30.4 Å². The van der Waals surface area contributed by atoms with Crippen molar-refractivity contribution in [2.45, 2.75) is 33.7 Å². The van der Waals surface area contributed by atoms with E-state index in [-0.39, 0.29) is 23.5 Å². The number of aromatic hydroxyl groups is 1. The molecule has 206 valence electrons. The molecule has 10 heteroatoms. The first kappa shape index (κ1) is 28.0. The predicted octanol–water partition coefficient (Wildman–Crippen LogP) is 3.37. The number of fused-ring (bicyclic) bond motifs is 1. The third-order valence-electron chi connectivity index (χ3n) is 6.67. The molecule has 0 saturated carbocycles. The lowest BCUT2D eigenvalue weighted by molar-refractivity contribution is -0.139. The SMILES string of the molecule is CCOC(=O)C1=C(C)N=c2s/c(=C/c3ccc(N(CC)CC)cc3O)c(=O)n2[C@@H]1c1ccc(OC)c(OC)c1. The van der Waals surface area contributed by atoms with Crippen LogP contribution in [0.25, 0.3) is 6.08 Å². The van der Waals surface area contributed by atoms with Gasteiger partial charge in [0.05, 0.1) is 42.7 Å². The largest absolute Gasteiger partial charge is 0.507 e. The summed E-state index contributed by atoms with van der Waals surface area (Å²) in [7, 11) is 3.07. The van der Waals surface area contributed by atoms with E-state index < -0.39 is 12.0 Å². The maximum atomic E-state index is 13.9. The minimum atomic E-state index is -0.791. The second-order valence-corrected chi connectivity index (χ2v) is 9.84. The summed E-state index contributed by atoms with van der Waals surface area (Å²) >= 11 is 1.20. The lowest BCUT2D eigenvalue weighted by atomic mass is 9.95. The Hall–Kier alpha value is -4.05. The zero-order chi connectivity index (χ0) is 28.3. The van der Waals surface area contributed by atoms with Crippen LogP contribution in [0.15, 0.2) is 57.5 Å². The van der Waals surface area contributed by atoms with Crippen molar-refractivity contribution in [3.05, 3.63) is 78.5 Å². The maximum absolute atomic E-state index is 13.9. The fraction of sp³-hybridized carbons (Fsp3) is 0.345. The molecule has 0 amide bonds. The summed E-state index contributed by atoms with van der Waals surface area (Å²) in [6.45, 7) is 9.37. The van der Waals surface area contributed by atoms with Gasteiger partial charge in [-0.3, -0.25) is 9.36 Å². The van der Waals surface area contributed by atoms with Gasteiger partial charge in [-0.05, 0) is 63.6 Å². The van der Waals surface area contributed by atoms with Gasteiger partial charge in [-0.2, -0.15) is 0 Å². The number of allylic oxidation sites excluding steroid dienone is 1. The zero-order valence-electron chi connectivity index (χ0n) is 23.0. The average molecular weight is 552 g/mol. The number of hydrogen-bond donors (Lipinski definition) is 1. The molecule has 0 aliphatic carbocycles. The van der Waals surface area contributed by atoms with Crippen LogP contribution in [0.1, 0.15) is 44.9 Å². The predicted molar refractivity (Wildman–Crippen MR) is 152 cm³/mol. The highest BCUT2D eigenvalue weighted by molar-refractivity contribution is 7.07. The molecule has 2 aromatic carbocycles. The fourth-order valence-electron chi connectivity index (χ4n) is 4.71. The summed E-state index contributed by atoms with van der Waals surface area (Å²) in [5, 5.41) is 10.8. The van der Waals surface area contributed by atoms with Gasteiger partial charge in [-0.25, -0.2) is 9.79 Å². The molecule has 1 atom stereocenters. The Morgan fingerprint density at radius 2 is 1.82 bits per heavy atom. The summed E-state index contributed by atoms with van der Waals surface area (Å²) in [5.41, 5.74) is 2.46. The molecule has 39 heavy (non-hydrogen) atoms. The first-order valence-corrected chi connectivity index (χ1v) is 13.6. The van der Waals surface area contributed by atoms with Crippen molar-refractivity contribution < 1.29 is 24.1 Å². The van der Waals surface area contributed by atoms with Crippen molar-refractivity contribution >= 4 is 29.1 Å². The molecule has 0 bridgehead atoms. The molecule has 0 unspecified atom stereocenters. The van der Waals surface area contributed by atoms with Crippen LogP contribution in [0.2, 0.25) is 0 Å². The molecule has 0 saturated heterocycles. The van der Waals surface area contributed by atoms with E-state index >= 15 is 0 Å². The summed E-state index contributed by atoms with van der Waals surface area (Å²) in [5.74, 6) is 0.520. The number of thiazole rings is 1. The van der Waals surface area contributed by atoms with Gasteiger partial charge >= 0.3 is 5.97 Å². The van der Waals surface area contributed by atoms with E-state index in [1.165, 1.54) is 23.0 Å². The summed E-state index contributed by atoms with van der Waals surface area (Å²) in [6.07, 6.45) is 1.65. The molecule has 1 aliphatic heterocycles. The number of esters is 1. The Bertz CT molecular complexity index is 1600. The third kappa shape index (κ3) is 5.29. The number of anilines is 1. The Morgan fingerprint density at radius 3 is 2.44 bits per heavy atom. The monoisotopic (exact) mass is 551 g/mol. The number of phenolic OH excluding ortho intramolecular Hbond substituents is 1. The Kier molecular flexibility index (Phi) is 8.44. The number of rotatable bonds is 9. The smallest absolute Gasteiger partial charge is 0.338 e. The van der Waals surface area contributed by atoms with E-state index in [0.717, 1.165) is 18.8 Å². The van der Waals surface area contributed by atoms with E-state index in [9.17, 15) is 14.7 Å². The number of benzene rings is 2. The maximum Gasteiger partial charge on any atom is 0.338 e. The van der Waals surface area contributed by atoms with Crippen LogP contribution in [0.5, 0.6) is 17.2 Å². The number of methoxy groups -OCH3 is 2. The van der Waals surface area contributed by atoms with Crippen LogP contribution in [-0.4, -0.2) is 49.6 Å². The number of hydrogen-bond acceptors (Lipinski definition) is 9. The molecular formula is C29H33N3O6S. The second-order valence-electron chi connectivity index (χ2n) is 8.83. The first-order chi connectivity index (χ1) is 18.8. The minimum absolute atomic E-state index is 0.0741. The van der Waals surface area contributed by atoms with E-state index in [1.54, 1.807) is 57.4 Å². The Balaban J connectivity index is 1.91. The van der Waals surface area contributed by atoms with Crippen LogP contribution in [0.4, 0.5) is 5.69 Å². The summed E-state index contributed by atoms with van der Waals surface area (Å²) in [4.78, 5) is 34.1. The molecule has 9 nitrogen and oxygen atoms in total. The molecule has 0 radical (unpaired) electrons. The highest BCUT2D eigenvalue weighted by Gasteiger charge is 2.34. The van der Waals surface area contributed by atoms with Crippen LogP contribution >= 0.6 is 11.3 Å². The molecule has 1 aromatic heterocycles. The van der Waals surface area contributed by atoms with E-state index in [1.807, 2.05) is 6.07 Å². The lowest BCUT2D eigenvalue weighted by Gasteiger charge is -2.25. The Labute approximate surface area is 230 Å². The van der Waals surface area contributed by atoms with Crippen LogP contribution in [0.3, 0.4) is 0 Å². The Morgan fingerprint density at radius 1 is 1.10 bits per heavy atom. The fourth-order valence-corrected chi connectivity index (χ4v) is 5.75. The number of aromatic nitrogens is 1. The van der Waals surface area contributed by atoms with Crippen molar-refractivity contribution in [1.29, 1.82) is 0 Å². The summed E-state index contributed by atoms with van der Waals surface area (Å²) in [6, 6.07) is 9.90. The van der Waals surface area contributed by atoms with Gasteiger partial charge in [0.15, 0.2) is 16.3 Å². The standard InChI is InChI=1S/C29H33N3O6S/c1-7-31(8-2)20-12-10-18(21(33)16-20)15-24-27(34)32-26(19-11-13-22(36-5)23(14-19)37-6)25(28(35)38-9-3)17(4)30-29(32)39-24/h10-16,26,33H,7-9H2,1-6H3/b24-15+/t26-/m1/s1. The highest BCUT2D eigenvalue weighted by atomic mass is 32.1. The quantitative estimate of drug-likeness (QED) is 0.407. The molecule has 1 aliphatic rings. The molecular weight excluding hydrogens is 518 g/mol. The van der Waals surface area contributed by atoms with Crippen molar-refractivity contribution in [3.63, 3.8) is 0 Å². The van der Waals surface area contributed by atoms with Crippen molar-refractivity contribution in [3.8, 4) is 17.2 Å². The number of carbonyl (C=O) groups excluding carboxylic acids is 1. The van der Waals surface area contributed by atoms with E-state index in [0.29, 0.717) is 37.7 Å². The number of nitrogens with zero attached hydrogens (tertiary/aromatic N) is 3. The molecule has 1 N–H and O–H groups in total. The van der Waals surface area contributed by atoms with Gasteiger partial charge < -0.3 is 24.2 Å². The molecule has 0 fully saturated rings. The number of phenols is 1. The first-order valence-electron chi connectivity index (χ1n) is 12.8. The topological polar surface area (TPSA) is 103 Å². The van der Waals surface area contributed by atoms with Crippen LogP contribution in [0, 0.1) is 0 Å². The lowest BCUT2D eigenvalue weighted by Crippen LogP contribution is -2.40. The number of ether oxygens (including phenoxy) is 3. The average Bonchev–Trinajstić information content (AvgIpc) is 3.23. The van der Waals surface area contributed by atoms with Crippen molar-refractivity contribution in [2.24, 2.45) is 4.99 Å². The van der Waals surface area contributed by atoms with Gasteiger partial charge in [-0.15, -0.1) is 0 Å². The van der Waals surface area contributed by atoms with Crippen molar-refractivity contribution in [2.75, 3.05) is 38.8 Å². The van der Waals surface area contributed by atoms with Gasteiger partial charge in [0.2, 0.25) is 0 Å². The van der Waals surface area contributed by atoms with Crippen molar-refractivity contribution in [1.82, 2.24) is 4.57 Å². The third-order valence-corrected chi connectivity index (χ3v) is 7.65. The second kappa shape index (κ2) is 11.8. The van der Waals surface area contributed by atoms with E-state index in [4.69, 9.17) is 14.2 Å².